The number of anilines is 1. The summed E-state index contributed by atoms with van der Waals surface area (Å²) in [4.78, 5) is 27.1. The van der Waals surface area contributed by atoms with Gasteiger partial charge in [-0.15, -0.1) is 0 Å². The maximum atomic E-state index is 12.7. The second-order valence-corrected chi connectivity index (χ2v) is 7.42. The van der Waals surface area contributed by atoms with E-state index in [0.717, 1.165) is 31.5 Å². The van der Waals surface area contributed by atoms with Crippen LogP contribution >= 0.6 is 11.6 Å². The Morgan fingerprint density at radius 1 is 1.07 bits per heavy atom. The van der Waals surface area contributed by atoms with Gasteiger partial charge in [0.25, 0.3) is 11.8 Å². The summed E-state index contributed by atoms with van der Waals surface area (Å²) >= 11 is 6.00. The fourth-order valence-electron chi connectivity index (χ4n) is 3.60. The highest BCUT2D eigenvalue weighted by Crippen LogP contribution is 2.31. The SMILES string of the molecule is O=C(Nc1cccc(C(=O)N2CCCCC2)c1)C1Cc2cc(Cl)ccc2O1. The highest BCUT2D eigenvalue weighted by atomic mass is 35.5. The summed E-state index contributed by atoms with van der Waals surface area (Å²) in [7, 11) is 0. The van der Waals surface area contributed by atoms with Gasteiger partial charge in [0.2, 0.25) is 0 Å². The summed E-state index contributed by atoms with van der Waals surface area (Å²) in [5, 5.41) is 3.49. The predicted octanol–water partition coefficient (Wildman–Crippen LogP) is 3.91. The molecule has 27 heavy (non-hydrogen) atoms. The number of amides is 2. The highest BCUT2D eigenvalue weighted by molar-refractivity contribution is 6.30. The number of likely N-dealkylation sites (tertiary alicyclic amines) is 1. The fraction of sp³-hybridized carbons (Fsp3) is 0.333. The number of nitrogens with one attached hydrogen (secondary N) is 1. The van der Waals surface area contributed by atoms with E-state index in [0.29, 0.717) is 28.4 Å². The quantitative estimate of drug-likeness (QED) is 0.872. The maximum absolute atomic E-state index is 12.7. The lowest BCUT2D eigenvalue weighted by Gasteiger charge is -2.26. The Bertz CT molecular complexity index is 877. The molecule has 2 amide bonds. The topological polar surface area (TPSA) is 58.6 Å². The molecule has 1 saturated heterocycles. The van der Waals surface area contributed by atoms with Gasteiger partial charge in [-0.1, -0.05) is 17.7 Å². The first-order valence-corrected chi connectivity index (χ1v) is 9.63. The maximum Gasteiger partial charge on any atom is 0.265 e. The Labute approximate surface area is 163 Å². The van der Waals surface area contributed by atoms with Crippen molar-refractivity contribution in [2.45, 2.75) is 31.8 Å². The first-order chi connectivity index (χ1) is 13.1. The van der Waals surface area contributed by atoms with Gasteiger partial charge < -0.3 is 15.0 Å². The van der Waals surface area contributed by atoms with E-state index in [-0.39, 0.29) is 11.8 Å². The van der Waals surface area contributed by atoms with Crippen LogP contribution in [0.4, 0.5) is 5.69 Å². The molecule has 0 aliphatic carbocycles. The molecule has 5 nitrogen and oxygen atoms in total. The normalized spacial score (nSPS) is 18.6. The molecule has 0 saturated carbocycles. The molecular weight excluding hydrogens is 364 g/mol. The average Bonchev–Trinajstić information content (AvgIpc) is 3.11. The molecular formula is C21H21ClN2O3. The third-order valence-electron chi connectivity index (χ3n) is 5.01. The molecule has 0 bridgehead atoms. The molecule has 0 aromatic heterocycles. The van der Waals surface area contributed by atoms with Crippen molar-refractivity contribution in [1.82, 2.24) is 4.90 Å². The molecule has 1 fully saturated rings. The van der Waals surface area contributed by atoms with Crippen molar-refractivity contribution < 1.29 is 14.3 Å². The minimum atomic E-state index is -0.597. The van der Waals surface area contributed by atoms with E-state index >= 15 is 0 Å². The van der Waals surface area contributed by atoms with Crippen LogP contribution in [0.2, 0.25) is 5.02 Å². The van der Waals surface area contributed by atoms with Crippen molar-refractivity contribution in [3.63, 3.8) is 0 Å². The lowest BCUT2D eigenvalue weighted by molar-refractivity contribution is -0.122. The molecule has 140 valence electrons. The van der Waals surface area contributed by atoms with Crippen LogP contribution in [-0.4, -0.2) is 35.9 Å². The van der Waals surface area contributed by atoms with Crippen LogP contribution in [0.15, 0.2) is 42.5 Å². The van der Waals surface area contributed by atoms with Crippen molar-refractivity contribution in [2.24, 2.45) is 0 Å². The van der Waals surface area contributed by atoms with Crippen LogP contribution in [0.3, 0.4) is 0 Å². The van der Waals surface area contributed by atoms with Gasteiger partial charge in [0.15, 0.2) is 6.10 Å². The number of piperidine rings is 1. The van der Waals surface area contributed by atoms with Crippen LogP contribution in [0.1, 0.15) is 35.2 Å². The van der Waals surface area contributed by atoms with E-state index < -0.39 is 6.10 Å². The van der Waals surface area contributed by atoms with Gasteiger partial charge in [0.1, 0.15) is 5.75 Å². The number of halogens is 1. The Balaban J connectivity index is 1.42. The zero-order chi connectivity index (χ0) is 18.8. The van der Waals surface area contributed by atoms with Crippen LogP contribution in [-0.2, 0) is 11.2 Å². The van der Waals surface area contributed by atoms with Crippen molar-refractivity contribution >= 4 is 29.1 Å². The van der Waals surface area contributed by atoms with Crippen molar-refractivity contribution in [3.8, 4) is 5.75 Å². The summed E-state index contributed by atoms with van der Waals surface area (Å²) < 4.78 is 5.72. The van der Waals surface area contributed by atoms with Crippen molar-refractivity contribution in [3.05, 3.63) is 58.6 Å². The smallest absolute Gasteiger partial charge is 0.265 e. The number of fused-ring (bicyclic) bond motifs is 1. The minimum absolute atomic E-state index is 0.0185. The zero-order valence-corrected chi connectivity index (χ0v) is 15.7. The summed E-state index contributed by atoms with van der Waals surface area (Å²) in [6.07, 6.45) is 3.15. The largest absolute Gasteiger partial charge is 0.480 e. The van der Waals surface area contributed by atoms with Gasteiger partial charge >= 0.3 is 0 Å². The number of ether oxygens (including phenoxy) is 1. The summed E-state index contributed by atoms with van der Waals surface area (Å²) in [6.45, 7) is 1.60. The third-order valence-corrected chi connectivity index (χ3v) is 5.24. The number of nitrogens with zero attached hydrogens (tertiary/aromatic N) is 1. The number of benzene rings is 2. The lowest BCUT2D eigenvalue weighted by Crippen LogP contribution is -2.35. The molecule has 0 spiro atoms. The Hall–Kier alpha value is -2.53. The molecule has 2 aromatic carbocycles. The molecule has 2 aliphatic heterocycles. The van der Waals surface area contributed by atoms with Crippen LogP contribution in [0.25, 0.3) is 0 Å². The van der Waals surface area contributed by atoms with Crippen molar-refractivity contribution in [1.29, 1.82) is 0 Å². The standard InChI is InChI=1S/C21H21ClN2O3/c22-16-7-8-18-15(11-16)13-19(27-18)20(25)23-17-6-4-5-14(12-17)21(26)24-9-2-1-3-10-24/h4-8,11-12,19H,1-3,9-10,13H2,(H,23,25). The molecule has 2 aliphatic rings. The number of hydrogen-bond acceptors (Lipinski definition) is 3. The molecule has 2 aromatic rings. The van der Waals surface area contributed by atoms with Gasteiger partial charge in [-0.3, -0.25) is 9.59 Å². The van der Waals surface area contributed by atoms with E-state index in [1.165, 1.54) is 6.42 Å². The molecule has 2 heterocycles. The van der Waals surface area contributed by atoms with Crippen molar-refractivity contribution in [2.75, 3.05) is 18.4 Å². The van der Waals surface area contributed by atoms with Crippen LogP contribution in [0, 0.1) is 0 Å². The first-order valence-electron chi connectivity index (χ1n) is 9.25. The molecule has 1 unspecified atom stereocenters. The van der Waals surface area contributed by atoms with Gasteiger partial charge in [0, 0.05) is 35.8 Å². The Kier molecular flexibility index (Phi) is 5.03. The average molecular weight is 385 g/mol. The van der Waals surface area contributed by atoms with E-state index in [1.807, 2.05) is 11.0 Å². The van der Waals surface area contributed by atoms with E-state index in [9.17, 15) is 9.59 Å². The second kappa shape index (κ2) is 7.61. The van der Waals surface area contributed by atoms with Crippen LogP contribution in [0.5, 0.6) is 5.75 Å². The number of carbonyl (C=O) groups is 2. The summed E-state index contributed by atoms with van der Waals surface area (Å²) in [6, 6.07) is 12.4. The summed E-state index contributed by atoms with van der Waals surface area (Å²) in [5.41, 5.74) is 2.12. The highest BCUT2D eigenvalue weighted by Gasteiger charge is 2.29. The second-order valence-electron chi connectivity index (χ2n) is 6.99. The van der Waals surface area contributed by atoms with E-state index in [2.05, 4.69) is 5.32 Å². The van der Waals surface area contributed by atoms with Crippen LogP contribution < -0.4 is 10.1 Å². The number of hydrogen-bond donors (Lipinski definition) is 1. The van der Waals surface area contributed by atoms with E-state index in [1.54, 1.807) is 36.4 Å². The molecule has 1 N–H and O–H groups in total. The van der Waals surface area contributed by atoms with E-state index in [4.69, 9.17) is 16.3 Å². The molecule has 1 atom stereocenters. The minimum Gasteiger partial charge on any atom is -0.480 e. The monoisotopic (exact) mass is 384 g/mol. The summed E-state index contributed by atoms with van der Waals surface area (Å²) in [5.74, 6) is 0.475. The number of rotatable bonds is 3. The zero-order valence-electron chi connectivity index (χ0n) is 14.9. The third kappa shape index (κ3) is 3.93. The Morgan fingerprint density at radius 2 is 1.89 bits per heavy atom. The predicted molar refractivity (Wildman–Crippen MR) is 104 cm³/mol. The molecule has 4 rings (SSSR count). The number of carbonyl (C=O) groups excluding carboxylic acids is 2. The first kappa shape index (κ1) is 17.9. The Morgan fingerprint density at radius 3 is 2.70 bits per heavy atom. The molecule has 0 radical (unpaired) electrons. The fourth-order valence-corrected chi connectivity index (χ4v) is 3.79. The van der Waals surface area contributed by atoms with Gasteiger partial charge in [-0.2, -0.15) is 0 Å². The molecule has 6 heteroatoms. The van der Waals surface area contributed by atoms with Gasteiger partial charge in [-0.25, -0.2) is 0 Å². The van der Waals surface area contributed by atoms with Gasteiger partial charge in [-0.05, 0) is 61.2 Å². The lowest BCUT2D eigenvalue weighted by atomic mass is 10.1. The van der Waals surface area contributed by atoms with Gasteiger partial charge in [0.05, 0.1) is 0 Å².